The maximum atomic E-state index is 12.9. The standard InChI is InChI=1S/C30H28N4O4.C25H21N3O4.C7H8O3S.C5H9NO/c1-18-10-21(27-8-4-20(15-32-27)30(36)34-16-25-13-26(17-34)37-25)11-22-12-24(38-29(18)22)7-6-23(35)5-2-19-3-9-28(31)33-14-19;1-15-10-18(22-8-4-17(14-27-22)25(30)31)11-19-12-21(32-24(15)19)7-6-20(29)5-2-16-3-9-23(26)28-13-16;1-6-2-4-7(5-3-6)11(8,9)10;1-4-2-6-3-5(1)7-4/h2-5,8-12,14-15,25-26H,6-7,13,16-17H2,1H3,(H2,31,33);2-5,8-14H,6-7H2,1H3,(H2,26,28)(H,30,31);2-5H,1H3,(H,8,9,10);4-6H,1-3H2/b2*5-2+;;. The lowest BCUT2D eigenvalue weighted by Gasteiger charge is -2.46. The molecule has 0 aliphatic carbocycles. The van der Waals surface area contributed by atoms with Crippen molar-refractivity contribution in [1.82, 2.24) is 30.2 Å². The number of hydrogen-bond acceptors (Lipinski definition) is 17. The number of fused-ring (bicyclic) bond motifs is 6. The minimum atomic E-state index is -4.02. The molecular formula is C67H66N8O12S. The van der Waals surface area contributed by atoms with Gasteiger partial charge in [-0.05, 0) is 164 Å². The van der Waals surface area contributed by atoms with Crippen molar-refractivity contribution in [3.63, 3.8) is 0 Å². The first kappa shape index (κ1) is 61.6. The summed E-state index contributed by atoms with van der Waals surface area (Å²) in [5.74, 6) is 1.35. The van der Waals surface area contributed by atoms with Gasteiger partial charge in [0, 0.05) is 111 Å². The van der Waals surface area contributed by atoms with Crippen LogP contribution in [0.5, 0.6) is 0 Å². The average Bonchev–Trinajstić information content (AvgIpc) is 3.31. The van der Waals surface area contributed by atoms with E-state index in [1.54, 1.807) is 73.2 Å². The van der Waals surface area contributed by atoms with E-state index >= 15 is 0 Å². The highest BCUT2D eigenvalue weighted by molar-refractivity contribution is 7.85. The SMILES string of the molecule is C1NCC2CC1O2.Cc1cc(-c2ccc(C(=O)N3CC4CC(C3)O4)cn2)cc2cc(CCC(=O)/C=C/c3ccc(N)nc3)oc12.Cc1cc(-c2ccc(C(=O)O)cn2)cc2cc(CCC(=O)/C=C/c3ccc(N)nc3)oc12.Cc1ccc(S(=O)(=O)O)cc1. The number of nitrogens with two attached hydrogens (primary N) is 2. The molecule has 7 N–H and O–H groups in total. The number of aryl methyl sites for hydroxylation is 5. The first-order chi connectivity index (χ1) is 42.2. The lowest BCUT2D eigenvalue weighted by molar-refractivity contribution is -0.171. The summed E-state index contributed by atoms with van der Waals surface area (Å²) in [7, 11) is -4.02. The van der Waals surface area contributed by atoms with Crippen LogP contribution in [0, 0.1) is 20.8 Å². The van der Waals surface area contributed by atoms with E-state index in [0.29, 0.717) is 73.9 Å². The topological polar surface area (TPSA) is 306 Å². The minimum Gasteiger partial charge on any atom is -0.478 e. The highest BCUT2D eigenvalue weighted by Gasteiger charge is 2.40. The third kappa shape index (κ3) is 16.1. The molecular weight excluding hydrogens is 1140 g/mol. The van der Waals surface area contributed by atoms with Crippen LogP contribution in [0.4, 0.5) is 11.6 Å². The predicted molar refractivity (Wildman–Crippen MR) is 334 cm³/mol. The maximum Gasteiger partial charge on any atom is 0.337 e. The summed E-state index contributed by atoms with van der Waals surface area (Å²) in [5, 5.41) is 14.2. The van der Waals surface area contributed by atoms with Gasteiger partial charge in [-0.15, -0.1) is 0 Å². The molecule has 21 heteroatoms. The van der Waals surface area contributed by atoms with Crippen LogP contribution < -0.4 is 16.8 Å². The van der Waals surface area contributed by atoms with Gasteiger partial charge in [0.15, 0.2) is 11.6 Å². The number of nitrogens with one attached hydrogen (secondary N) is 1. The summed E-state index contributed by atoms with van der Waals surface area (Å²) < 4.78 is 52.5. The number of allylic oxidation sites excluding steroid dienone is 2. The molecule has 6 aliphatic rings. The van der Waals surface area contributed by atoms with E-state index in [1.165, 1.54) is 36.9 Å². The second-order valence-electron chi connectivity index (χ2n) is 22.0. The quantitative estimate of drug-likeness (QED) is 0.0471. The van der Waals surface area contributed by atoms with Gasteiger partial charge in [-0.1, -0.05) is 17.7 Å². The van der Waals surface area contributed by atoms with Crippen LogP contribution in [-0.2, 0) is 42.0 Å². The summed E-state index contributed by atoms with van der Waals surface area (Å²) in [4.78, 5) is 67.1. The number of benzene rings is 3. The average molecular weight is 1210 g/mol. The van der Waals surface area contributed by atoms with Gasteiger partial charge in [0.2, 0.25) is 0 Å². The zero-order valence-corrected chi connectivity index (χ0v) is 49.5. The van der Waals surface area contributed by atoms with Crippen molar-refractivity contribution < 1.29 is 55.6 Å². The third-order valence-corrected chi connectivity index (χ3v) is 16.0. The second kappa shape index (κ2) is 27.5. The Morgan fingerprint density at radius 3 is 1.45 bits per heavy atom. The molecule has 20 nitrogen and oxygen atoms in total. The zero-order valence-electron chi connectivity index (χ0n) is 48.7. The number of carbonyl (C=O) groups is 4. The fourth-order valence-corrected chi connectivity index (χ4v) is 10.9. The number of anilines is 2. The molecule has 4 unspecified atom stereocenters. The number of furan rings is 2. The summed E-state index contributed by atoms with van der Waals surface area (Å²) >= 11 is 0. The van der Waals surface area contributed by atoms with Gasteiger partial charge in [-0.25, -0.2) is 14.8 Å². The van der Waals surface area contributed by atoms with Crippen molar-refractivity contribution in [3.8, 4) is 22.5 Å². The number of ether oxygens (including phenoxy) is 2. The normalized spacial score (nSPS) is 17.4. The summed E-state index contributed by atoms with van der Waals surface area (Å²) in [6.45, 7) is 9.24. The van der Waals surface area contributed by atoms with E-state index in [9.17, 15) is 27.6 Å². The van der Waals surface area contributed by atoms with Crippen LogP contribution in [0.1, 0.15) is 85.7 Å². The van der Waals surface area contributed by atoms with Crippen LogP contribution in [0.25, 0.3) is 56.6 Å². The lowest BCUT2D eigenvalue weighted by Crippen LogP contribution is -2.58. The molecule has 6 aromatic heterocycles. The molecule has 88 heavy (non-hydrogen) atoms. The predicted octanol–water partition coefficient (Wildman–Crippen LogP) is 10.3. The monoisotopic (exact) mass is 1210 g/mol. The molecule has 6 saturated heterocycles. The molecule has 4 atom stereocenters. The van der Waals surface area contributed by atoms with Gasteiger partial charge < -0.3 is 45.1 Å². The van der Waals surface area contributed by atoms with Crippen molar-refractivity contribution in [3.05, 3.63) is 197 Å². The largest absolute Gasteiger partial charge is 0.478 e. The Morgan fingerprint density at radius 1 is 0.602 bits per heavy atom. The number of piperidine rings is 2. The van der Waals surface area contributed by atoms with Gasteiger partial charge in [-0.3, -0.25) is 28.9 Å². The van der Waals surface area contributed by atoms with Crippen LogP contribution in [0.15, 0.2) is 160 Å². The molecule has 4 bridgehead atoms. The van der Waals surface area contributed by atoms with Crippen LogP contribution in [-0.4, -0.2) is 117 Å². The van der Waals surface area contributed by atoms with Crippen LogP contribution in [0.3, 0.4) is 0 Å². The van der Waals surface area contributed by atoms with Crippen molar-refractivity contribution in [2.24, 2.45) is 0 Å². The van der Waals surface area contributed by atoms with Crippen molar-refractivity contribution in [2.45, 2.75) is 88.6 Å². The number of carbonyl (C=O) groups excluding carboxylic acids is 3. The van der Waals surface area contributed by atoms with Crippen molar-refractivity contribution >= 4 is 79.3 Å². The smallest absolute Gasteiger partial charge is 0.337 e. The van der Waals surface area contributed by atoms with Gasteiger partial charge in [0.05, 0.1) is 51.8 Å². The summed E-state index contributed by atoms with van der Waals surface area (Å²) in [5.41, 5.74) is 21.3. The molecule has 6 fully saturated rings. The second-order valence-corrected chi connectivity index (χ2v) is 23.5. The number of amides is 1. The number of carboxylic acids is 1. The first-order valence-corrected chi connectivity index (χ1v) is 30.1. The summed E-state index contributed by atoms with van der Waals surface area (Å²) in [6.07, 6.45) is 18.3. The van der Waals surface area contributed by atoms with Gasteiger partial charge in [0.25, 0.3) is 16.0 Å². The lowest BCUT2D eigenvalue weighted by atomic mass is 9.98. The fourth-order valence-electron chi connectivity index (χ4n) is 10.4. The van der Waals surface area contributed by atoms with Crippen molar-refractivity contribution in [1.29, 1.82) is 0 Å². The first-order valence-electron chi connectivity index (χ1n) is 28.7. The number of aromatic nitrogens is 4. The van der Waals surface area contributed by atoms with E-state index in [2.05, 4.69) is 25.3 Å². The summed E-state index contributed by atoms with van der Waals surface area (Å²) in [6, 6.07) is 31.8. The minimum absolute atomic E-state index is 0.00248. The number of nitrogens with zero attached hydrogens (tertiary/aromatic N) is 5. The molecule has 9 aromatic rings. The fraction of sp³-hybridized carbons (Fsp3) is 0.254. The molecule has 1 amide bonds. The number of nitrogen functional groups attached to an aromatic ring is 2. The Balaban J connectivity index is 0.000000152. The van der Waals surface area contributed by atoms with E-state index in [1.807, 2.05) is 80.3 Å². The molecule has 0 saturated carbocycles. The maximum absolute atomic E-state index is 12.9. The Bertz CT molecular complexity index is 4130. The Kier molecular flexibility index (Phi) is 19.2. The van der Waals surface area contributed by atoms with Crippen LogP contribution >= 0.6 is 0 Å². The number of rotatable bonds is 15. The molecule has 6 aliphatic heterocycles. The molecule has 12 heterocycles. The van der Waals surface area contributed by atoms with E-state index in [-0.39, 0.29) is 40.1 Å². The molecule has 3 aromatic carbocycles. The Labute approximate surface area is 508 Å². The van der Waals surface area contributed by atoms with Crippen molar-refractivity contribution in [2.75, 3.05) is 37.6 Å². The van der Waals surface area contributed by atoms with Gasteiger partial charge in [0.1, 0.15) is 34.3 Å². The Hall–Kier alpha value is -9.51. The van der Waals surface area contributed by atoms with Crippen LogP contribution in [0.2, 0.25) is 0 Å². The number of hydrogen-bond donors (Lipinski definition) is 5. The zero-order chi connectivity index (χ0) is 62.1. The molecule has 0 spiro atoms. The number of ketones is 2. The number of pyridine rings is 4. The number of carboxylic acid groups (broad SMARTS) is 1. The number of aromatic carboxylic acids is 1. The highest BCUT2D eigenvalue weighted by Crippen LogP contribution is 2.33. The van der Waals surface area contributed by atoms with E-state index in [4.69, 9.17) is 39.4 Å². The highest BCUT2D eigenvalue weighted by atomic mass is 32.2. The molecule has 0 radical (unpaired) electrons. The Morgan fingerprint density at radius 2 is 1.07 bits per heavy atom. The van der Waals surface area contributed by atoms with Gasteiger partial charge >= 0.3 is 5.97 Å². The van der Waals surface area contributed by atoms with E-state index in [0.717, 1.165) is 97.6 Å². The molecule has 15 rings (SSSR count). The van der Waals surface area contributed by atoms with Gasteiger partial charge in [-0.2, -0.15) is 8.42 Å². The number of morpholine rings is 2. The third-order valence-electron chi connectivity index (χ3n) is 15.1. The molecule has 452 valence electrons. The van der Waals surface area contributed by atoms with E-state index < -0.39 is 16.1 Å².